The number of nitrogens with zero attached hydrogens (tertiary/aromatic N) is 6. The molecule has 0 aromatic carbocycles. The first kappa shape index (κ1) is 14.4. The molecule has 2 rings (SSSR count). The van der Waals surface area contributed by atoms with Gasteiger partial charge < -0.3 is 0 Å². The Balaban J connectivity index is 2.67. The standard InChI is InChI=1S/C8H6F3IN6S/c1-18-16-6(15-17-18)4-3(12)5(8(9,10)11)14-7(13-4)19-2/h1-2H3. The monoisotopic (exact) mass is 402 g/mol. The maximum absolute atomic E-state index is 12.9. The molecule has 0 fully saturated rings. The fourth-order valence-electron chi connectivity index (χ4n) is 1.23. The summed E-state index contributed by atoms with van der Waals surface area (Å²) in [6.07, 6.45) is -2.96. The predicted molar refractivity (Wildman–Crippen MR) is 69.3 cm³/mol. The zero-order chi connectivity index (χ0) is 14.2. The molecule has 0 radical (unpaired) electrons. The molecule has 0 aliphatic carbocycles. The van der Waals surface area contributed by atoms with Crippen LogP contribution >= 0.6 is 34.4 Å². The number of alkyl halides is 3. The van der Waals surface area contributed by atoms with Crippen molar-refractivity contribution in [1.29, 1.82) is 0 Å². The van der Waals surface area contributed by atoms with Crippen molar-refractivity contribution in [2.45, 2.75) is 11.3 Å². The Morgan fingerprint density at radius 1 is 1.26 bits per heavy atom. The van der Waals surface area contributed by atoms with E-state index in [0.29, 0.717) is 0 Å². The summed E-state index contributed by atoms with van der Waals surface area (Å²) in [6.45, 7) is 0. The van der Waals surface area contributed by atoms with Crippen molar-refractivity contribution < 1.29 is 13.2 Å². The summed E-state index contributed by atoms with van der Waals surface area (Å²) < 4.78 is 38.6. The van der Waals surface area contributed by atoms with Crippen LogP contribution in [0, 0.1) is 3.57 Å². The van der Waals surface area contributed by atoms with Crippen LogP contribution in [0.4, 0.5) is 13.2 Å². The van der Waals surface area contributed by atoms with Crippen LogP contribution in [-0.2, 0) is 13.2 Å². The van der Waals surface area contributed by atoms with Crippen LogP contribution < -0.4 is 0 Å². The van der Waals surface area contributed by atoms with Gasteiger partial charge in [-0.3, -0.25) is 0 Å². The third-order valence-electron chi connectivity index (χ3n) is 2.00. The summed E-state index contributed by atoms with van der Waals surface area (Å²) in [6, 6.07) is 0. The molecule has 0 aliphatic heterocycles. The Labute approximate surface area is 123 Å². The van der Waals surface area contributed by atoms with Crippen molar-refractivity contribution in [2.24, 2.45) is 7.05 Å². The molecule has 0 amide bonds. The van der Waals surface area contributed by atoms with Crippen molar-refractivity contribution in [3.8, 4) is 11.5 Å². The van der Waals surface area contributed by atoms with E-state index < -0.39 is 11.9 Å². The van der Waals surface area contributed by atoms with Crippen molar-refractivity contribution in [3.05, 3.63) is 9.26 Å². The van der Waals surface area contributed by atoms with Crippen molar-refractivity contribution in [2.75, 3.05) is 6.26 Å². The molecule has 11 heteroatoms. The van der Waals surface area contributed by atoms with E-state index in [1.807, 2.05) is 0 Å². The topological polar surface area (TPSA) is 69.4 Å². The third-order valence-corrected chi connectivity index (χ3v) is 3.57. The Morgan fingerprint density at radius 2 is 1.95 bits per heavy atom. The number of thioether (sulfide) groups is 1. The Morgan fingerprint density at radius 3 is 2.42 bits per heavy atom. The summed E-state index contributed by atoms with van der Waals surface area (Å²) in [7, 11) is 1.52. The average molecular weight is 402 g/mol. The summed E-state index contributed by atoms with van der Waals surface area (Å²) in [5, 5.41) is 11.1. The number of hydrogen-bond donors (Lipinski definition) is 0. The number of hydrogen-bond acceptors (Lipinski definition) is 6. The molecule has 0 N–H and O–H groups in total. The van der Waals surface area contributed by atoms with Crippen molar-refractivity contribution in [1.82, 2.24) is 30.2 Å². The van der Waals surface area contributed by atoms with Gasteiger partial charge in [-0.05, 0) is 34.1 Å². The smallest absolute Gasteiger partial charge is 0.218 e. The van der Waals surface area contributed by atoms with Crippen LogP contribution in [0.25, 0.3) is 11.5 Å². The molecular formula is C8H6F3IN6S. The SMILES string of the molecule is CSc1nc(-c2nnn(C)n2)c(I)c(C(F)(F)F)n1. The van der Waals surface area contributed by atoms with E-state index in [0.717, 1.165) is 16.6 Å². The first-order chi connectivity index (χ1) is 8.82. The van der Waals surface area contributed by atoms with Gasteiger partial charge in [0, 0.05) is 0 Å². The summed E-state index contributed by atoms with van der Waals surface area (Å²) in [5.41, 5.74) is -0.963. The lowest BCUT2D eigenvalue weighted by Gasteiger charge is -2.11. The van der Waals surface area contributed by atoms with E-state index >= 15 is 0 Å². The maximum atomic E-state index is 12.9. The number of aromatic nitrogens is 6. The molecule has 0 bridgehead atoms. The number of tetrazole rings is 1. The summed E-state index contributed by atoms with van der Waals surface area (Å²) in [5.74, 6) is 0.0371. The van der Waals surface area contributed by atoms with Crippen molar-refractivity contribution in [3.63, 3.8) is 0 Å². The lowest BCUT2D eigenvalue weighted by molar-refractivity contribution is -0.142. The fraction of sp³-hybridized carbons (Fsp3) is 0.375. The van der Waals surface area contributed by atoms with Gasteiger partial charge in [0.15, 0.2) is 10.9 Å². The van der Waals surface area contributed by atoms with E-state index in [-0.39, 0.29) is 20.2 Å². The molecule has 0 unspecified atom stereocenters. The van der Waals surface area contributed by atoms with Crippen LogP contribution in [-0.4, -0.2) is 36.4 Å². The fourth-order valence-corrected chi connectivity index (χ4v) is 2.39. The Hall–Kier alpha value is -0.980. The first-order valence-corrected chi connectivity index (χ1v) is 7.06. The van der Waals surface area contributed by atoms with Crippen LogP contribution in [0.15, 0.2) is 5.16 Å². The van der Waals surface area contributed by atoms with Gasteiger partial charge in [0.1, 0.15) is 5.69 Å². The van der Waals surface area contributed by atoms with E-state index in [9.17, 15) is 13.2 Å². The number of halogens is 4. The van der Waals surface area contributed by atoms with Crippen LogP contribution in [0.1, 0.15) is 5.69 Å². The summed E-state index contributed by atoms with van der Waals surface area (Å²) >= 11 is 2.56. The average Bonchev–Trinajstić information content (AvgIpc) is 2.74. The highest BCUT2D eigenvalue weighted by Gasteiger charge is 2.37. The minimum Gasteiger partial charge on any atom is -0.218 e. The molecule has 2 aromatic rings. The summed E-state index contributed by atoms with van der Waals surface area (Å²) in [4.78, 5) is 8.66. The number of aryl methyl sites for hydroxylation is 1. The molecule has 0 aliphatic rings. The molecule has 2 aromatic heterocycles. The highest BCUT2D eigenvalue weighted by Crippen LogP contribution is 2.35. The molecule has 0 spiro atoms. The molecule has 0 atom stereocenters. The Bertz CT molecular complexity index is 613. The van der Waals surface area contributed by atoms with E-state index in [2.05, 4.69) is 25.4 Å². The molecule has 2 heterocycles. The minimum absolute atomic E-state index is 0.00944. The highest BCUT2D eigenvalue weighted by molar-refractivity contribution is 14.1. The van der Waals surface area contributed by atoms with Gasteiger partial charge in [0.05, 0.1) is 10.6 Å². The number of rotatable bonds is 2. The second-order valence-corrected chi connectivity index (χ2v) is 5.17. The lowest BCUT2D eigenvalue weighted by atomic mass is 10.3. The van der Waals surface area contributed by atoms with E-state index in [1.54, 1.807) is 28.8 Å². The maximum Gasteiger partial charge on any atom is 0.434 e. The molecular weight excluding hydrogens is 396 g/mol. The van der Waals surface area contributed by atoms with Crippen molar-refractivity contribution >= 4 is 34.4 Å². The zero-order valence-electron chi connectivity index (χ0n) is 9.60. The van der Waals surface area contributed by atoms with Crippen LogP contribution in [0.3, 0.4) is 0 Å². The van der Waals surface area contributed by atoms with E-state index in [1.165, 1.54) is 7.05 Å². The molecule has 6 nitrogen and oxygen atoms in total. The van der Waals surface area contributed by atoms with Gasteiger partial charge in [-0.15, -0.1) is 10.2 Å². The van der Waals surface area contributed by atoms with Gasteiger partial charge in [-0.2, -0.15) is 18.0 Å². The van der Waals surface area contributed by atoms with Crippen LogP contribution in [0.2, 0.25) is 0 Å². The van der Waals surface area contributed by atoms with Gasteiger partial charge in [0.25, 0.3) is 0 Å². The van der Waals surface area contributed by atoms with Gasteiger partial charge >= 0.3 is 6.18 Å². The molecule has 102 valence electrons. The Kier molecular flexibility index (Phi) is 3.94. The van der Waals surface area contributed by atoms with E-state index in [4.69, 9.17) is 0 Å². The highest BCUT2D eigenvalue weighted by atomic mass is 127. The first-order valence-electron chi connectivity index (χ1n) is 4.76. The van der Waals surface area contributed by atoms with Gasteiger partial charge in [0.2, 0.25) is 5.82 Å². The normalized spacial score (nSPS) is 11.9. The second kappa shape index (κ2) is 5.19. The molecule has 0 saturated heterocycles. The lowest BCUT2D eigenvalue weighted by Crippen LogP contribution is -2.14. The zero-order valence-corrected chi connectivity index (χ0v) is 12.6. The van der Waals surface area contributed by atoms with Gasteiger partial charge in [-0.1, -0.05) is 11.8 Å². The molecule has 19 heavy (non-hydrogen) atoms. The molecule has 0 saturated carbocycles. The largest absolute Gasteiger partial charge is 0.434 e. The van der Waals surface area contributed by atoms with Gasteiger partial charge in [-0.25, -0.2) is 9.97 Å². The quantitative estimate of drug-likeness (QED) is 0.435. The predicted octanol–water partition coefficient (Wildman–Crippen LogP) is 2.01. The second-order valence-electron chi connectivity index (χ2n) is 3.32. The van der Waals surface area contributed by atoms with Crippen LogP contribution in [0.5, 0.6) is 0 Å². The minimum atomic E-state index is -4.55. The third kappa shape index (κ3) is 2.96.